The molecule has 27 heavy (non-hydrogen) atoms. The average molecular weight is 364 g/mol. The third-order valence-electron chi connectivity index (χ3n) is 4.29. The molecule has 0 radical (unpaired) electrons. The van der Waals surface area contributed by atoms with Gasteiger partial charge in [0.25, 0.3) is 5.91 Å². The largest absolute Gasteiger partial charge is 0.359 e. The van der Waals surface area contributed by atoms with Crippen molar-refractivity contribution in [3.63, 3.8) is 0 Å². The molecule has 6 nitrogen and oxygen atoms in total. The van der Waals surface area contributed by atoms with Crippen LogP contribution in [-0.2, 0) is 13.1 Å². The highest BCUT2D eigenvalue weighted by Gasteiger charge is 2.17. The van der Waals surface area contributed by atoms with E-state index < -0.39 is 0 Å². The fraction of sp³-hybridized carbons (Fsp3) is 0.286. The number of carbonyl (C=O) groups is 1. The molecule has 1 N–H and O–H groups in total. The van der Waals surface area contributed by atoms with E-state index in [4.69, 9.17) is 4.52 Å². The van der Waals surface area contributed by atoms with E-state index >= 15 is 0 Å². The van der Waals surface area contributed by atoms with Crippen LogP contribution in [0.2, 0.25) is 0 Å². The number of hydrogen-bond donors (Lipinski definition) is 1. The first-order chi connectivity index (χ1) is 13.0. The molecular weight excluding hydrogens is 340 g/mol. The Kier molecular flexibility index (Phi) is 5.98. The smallest absolute Gasteiger partial charge is 0.273 e. The molecule has 0 saturated carbocycles. The Morgan fingerprint density at radius 1 is 1.19 bits per heavy atom. The highest BCUT2D eigenvalue weighted by molar-refractivity contribution is 5.92. The molecule has 140 valence electrons. The minimum absolute atomic E-state index is 0.161. The Hall–Kier alpha value is -2.99. The number of aryl methyl sites for hydroxylation is 1. The molecule has 1 aromatic carbocycles. The van der Waals surface area contributed by atoms with Gasteiger partial charge in [-0.1, -0.05) is 41.6 Å². The number of aromatic nitrogens is 2. The molecule has 0 saturated heterocycles. The quantitative estimate of drug-likeness (QED) is 0.695. The molecule has 0 aliphatic rings. The third-order valence-corrected chi connectivity index (χ3v) is 4.29. The van der Waals surface area contributed by atoms with Crippen LogP contribution >= 0.6 is 0 Å². The second-order valence-electron chi connectivity index (χ2n) is 6.76. The summed E-state index contributed by atoms with van der Waals surface area (Å²) in [6.45, 7) is 5.21. The van der Waals surface area contributed by atoms with Gasteiger partial charge >= 0.3 is 0 Å². The van der Waals surface area contributed by atoms with E-state index in [0.717, 1.165) is 17.8 Å². The van der Waals surface area contributed by atoms with Crippen LogP contribution in [0.15, 0.2) is 59.3 Å². The van der Waals surface area contributed by atoms with Crippen molar-refractivity contribution in [1.82, 2.24) is 20.4 Å². The van der Waals surface area contributed by atoms with Crippen molar-refractivity contribution < 1.29 is 9.32 Å². The lowest BCUT2D eigenvalue weighted by Gasteiger charge is -2.14. The molecule has 6 heteroatoms. The van der Waals surface area contributed by atoms with Gasteiger partial charge in [0.1, 0.15) is 0 Å². The molecule has 0 fully saturated rings. The summed E-state index contributed by atoms with van der Waals surface area (Å²) in [4.78, 5) is 18.8. The zero-order chi connectivity index (χ0) is 19.2. The van der Waals surface area contributed by atoms with E-state index in [1.165, 1.54) is 5.56 Å². The van der Waals surface area contributed by atoms with E-state index in [0.29, 0.717) is 12.3 Å². The molecule has 0 aliphatic heterocycles. The Balaban J connectivity index is 1.56. The number of nitrogens with zero attached hydrogens (tertiary/aromatic N) is 3. The summed E-state index contributed by atoms with van der Waals surface area (Å²) in [6, 6.07) is 15.6. The maximum atomic E-state index is 12.4. The monoisotopic (exact) mass is 364 g/mol. The van der Waals surface area contributed by atoms with Gasteiger partial charge in [-0.2, -0.15) is 0 Å². The maximum absolute atomic E-state index is 12.4. The zero-order valence-electron chi connectivity index (χ0n) is 15.8. The number of hydrogen-bond acceptors (Lipinski definition) is 5. The van der Waals surface area contributed by atoms with Crippen LogP contribution in [0.5, 0.6) is 0 Å². The lowest BCUT2D eigenvalue weighted by molar-refractivity contribution is 0.0930. The van der Waals surface area contributed by atoms with Gasteiger partial charge in [0.2, 0.25) is 0 Å². The molecule has 1 amide bonds. The number of pyridine rings is 1. The fourth-order valence-electron chi connectivity index (χ4n) is 2.80. The highest BCUT2D eigenvalue weighted by Crippen LogP contribution is 2.14. The van der Waals surface area contributed by atoms with Crippen molar-refractivity contribution in [2.75, 3.05) is 7.05 Å². The van der Waals surface area contributed by atoms with E-state index in [-0.39, 0.29) is 17.6 Å². The predicted octanol–water partition coefficient (Wildman–Crippen LogP) is 3.50. The summed E-state index contributed by atoms with van der Waals surface area (Å²) in [5.41, 5.74) is 3.39. The first kappa shape index (κ1) is 18.8. The molecule has 0 spiro atoms. The highest BCUT2D eigenvalue weighted by atomic mass is 16.5. The molecule has 0 unspecified atom stereocenters. The van der Waals surface area contributed by atoms with Crippen molar-refractivity contribution in [3.05, 3.63) is 83.0 Å². The van der Waals surface area contributed by atoms with Crippen molar-refractivity contribution in [1.29, 1.82) is 0 Å². The lowest BCUT2D eigenvalue weighted by Crippen LogP contribution is -2.27. The minimum atomic E-state index is -0.260. The van der Waals surface area contributed by atoms with Crippen molar-refractivity contribution in [2.24, 2.45) is 0 Å². The van der Waals surface area contributed by atoms with Crippen molar-refractivity contribution in [2.45, 2.75) is 33.0 Å². The molecule has 0 bridgehead atoms. The van der Waals surface area contributed by atoms with E-state index in [1.54, 1.807) is 12.3 Å². The first-order valence-corrected chi connectivity index (χ1v) is 8.93. The van der Waals surface area contributed by atoms with Gasteiger partial charge < -0.3 is 9.84 Å². The fourth-order valence-corrected chi connectivity index (χ4v) is 2.80. The first-order valence-electron chi connectivity index (χ1n) is 8.93. The van der Waals surface area contributed by atoms with Crippen LogP contribution in [0.25, 0.3) is 0 Å². The number of carbonyl (C=O) groups excluding carboxylic acids is 1. The van der Waals surface area contributed by atoms with Crippen LogP contribution in [-0.4, -0.2) is 28.0 Å². The molecule has 3 rings (SSSR count). The van der Waals surface area contributed by atoms with Crippen LogP contribution in [0, 0.1) is 6.92 Å². The predicted molar refractivity (Wildman–Crippen MR) is 103 cm³/mol. The Morgan fingerprint density at radius 2 is 1.96 bits per heavy atom. The zero-order valence-corrected chi connectivity index (χ0v) is 15.8. The number of amides is 1. The molecule has 2 aromatic heterocycles. The van der Waals surface area contributed by atoms with Crippen molar-refractivity contribution in [3.8, 4) is 0 Å². The van der Waals surface area contributed by atoms with Gasteiger partial charge in [-0.3, -0.25) is 14.7 Å². The summed E-state index contributed by atoms with van der Waals surface area (Å²) in [6.07, 6.45) is 1.77. The van der Waals surface area contributed by atoms with Gasteiger partial charge in [-0.25, -0.2) is 0 Å². The SMILES string of the molecule is Cc1ccc([C@@H](C)NC(=O)c2cc(CN(C)Cc3ccccc3)on2)cn1. The van der Waals surface area contributed by atoms with Gasteiger partial charge in [0.15, 0.2) is 11.5 Å². The second-order valence-corrected chi connectivity index (χ2v) is 6.76. The van der Waals surface area contributed by atoms with Crippen molar-refractivity contribution >= 4 is 5.91 Å². The standard InChI is InChI=1S/C21H24N4O2/c1-15-9-10-18(12-22-15)16(2)23-21(26)20-11-19(27-24-20)14-25(3)13-17-7-5-4-6-8-17/h4-12,16H,13-14H2,1-3H3,(H,23,26)/t16-/m1/s1. The topological polar surface area (TPSA) is 71.3 Å². The van der Waals surface area contributed by atoms with Crippen LogP contribution < -0.4 is 5.32 Å². The normalized spacial score (nSPS) is 12.1. The lowest BCUT2D eigenvalue weighted by atomic mass is 10.1. The third kappa shape index (κ3) is 5.24. The summed E-state index contributed by atoms with van der Waals surface area (Å²) < 4.78 is 5.33. The molecule has 2 heterocycles. The van der Waals surface area contributed by atoms with Crippen LogP contribution in [0.1, 0.15) is 46.0 Å². The van der Waals surface area contributed by atoms with Gasteiger partial charge in [0, 0.05) is 24.5 Å². The average Bonchev–Trinajstić information content (AvgIpc) is 3.11. The van der Waals surface area contributed by atoms with E-state index in [9.17, 15) is 4.79 Å². The Morgan fingerprint density at radius 3 is 2.67 bits per heavy atom. The molecule has 1 atom stereocenters. The molecule has 3 aromatic rings. The summed E-state index contributed by atoms with van der Waals surface area (Å²) >= 11 is 0. The summed E-state index contributed by atoms with van der Waals surface area (Å²) in [5.74, 6) is 0.395. The second kappa shape index (κ2) is 8.60. The summed E-state index contributed by atoms with van der Waals surface area (Å²) in [5, 5.41) is 6.83. The summed E-state index contributed by atoms with van der Waals surface area (Å²) in [7, 11) is 2.00. The van der Waals surface area contributed by atoms with Gasteiger partial charge in [0.05, 0.1) is 12.6 Å². The van der Waals surface area contributed by atoms with Gasteiger partial charge in [-0.15, -0.1) is 0 Å². The van der Waals surface area contributed by atoms with Crippen LogP contribution in [0.4, 0.5) is 0 Å². The molecular formula is C21H24N4O2. The number of rotatable bonds is 7. The molecule has 0 aliphatic carbocycles. The van der Waals surface area contributed by atoms with Gasteiger partial charge in [-0.05, 0) is 38.1 Å². The van der Waals surface area contributed by atoms with E-state index in [1.807, 2.05) is 51.2 Å². The number of nitrogens with one attached hydrogen (secondary N) is 1. The Labute approximate surface area is 159 Å². The minimum Gasteiger partial charge on any atom is -0.359 e. The number of benzene rings is 1. The maximum Gasteiger partial charge on any atom is 0.273 e. The van der Waals surface area contributed by atoms with E-state index in [2.05, 4.69) is 32.5 Å². The van der Waals surface area contributed by atoms with Crippen LogP contribution in [0.3, 0.4) is 0 Å². The Bertz CT molecular complexity index is 875.